The highest BCUT2D eigenvalue weighted by atomic mass is 19.1. The van der Waals surface area contributed by atoms with Gasteiger partial charge in [-0.25, -0.2) is 9.37 Å². The van der Waals surface area contributed by atoms with Crippen molar-refractivity contribution in [1.29, 1.82) is 0 Å². The second kappa shape index (κ2) is 9.56. The van der Waals surface area contributed by atoms with Crippen LogP contribution >= 0.6 is 0 Å². The van der Waals surface area contributed by atoms with E-state index >= 15 is 0 Å². The molecule has 0 spiro atoms. The summed E-state index contributed by atoms with van der Waals surface area (Å²) in [7, 11) is 3.28. The molecule has 184 valence electrons. The lowest BCUT2D eigenvalue weighted by atomic mass is 9.92. The number of nitrogens with one attached hydrogen (secondary N) is 1. The quantitative estimate of drug-likeness (QED) is 0.556. The topological polar surface area (TPSA) is 75.5 Å². The maximum absolute atomic E-state index is 13.9. The summed E-state index contributed by atoms with van der Waals surface area (Å²) in [6, 6.07) is 5.53. The average Bonchev–Trinajstić information content (AvgIpc) is 3.56. The first-order valence-corrected chi connectivity index (χ1v) is 12.1. The summed E-state index contributed by atoms with van der Waals surface area (Å²) < 4.78 is 21.1. The predicted molar refractivity (Wildman–Crippen MR) is 133 cm³/mol. The third-order valence-corrected chi connectivity index (χ3v) is 7.08. The van der Waals surface area contributed by atoms with Gasteiger partial charge in [-0.15, -0.1) is 0 Å². The highest BCUT2D eigenvalue weighted by molar-refractivity contribution is 5.99. The highest BCUT2D eigenvalue weighted by Gasteiger charge is 2.33. The van der Waals surface area contributed by atoms with Crippen molar-refractivity contribution in [3.05, 3.63) is 65.0 Å². The molecule has 35 heavy (non-hydrogen) atoms. The largest absolute Gasteiger partial charge is 0.494 e. The van der Waals surface area contributed by atoms with E-state index in [2.05, 4.69) is 26.3 Å². The number of fused-ring (bicyclic) bond motifs is 1. The van der Waals surface area contributed by atoms with Crippen molar-refractivity contribution >= 4 is 17.5 Å². The Kier molecular flexibility index (Phi) is 6.32. The SMILES string of the molecule is CNc1nccn1Cc1cc2c(c(N3CCCC3)c1)CCN([C@@H](C)c1cc(OC)c(F)cn1)C2=O. The van der Waals surface area contributed by atoms with Crippen LogP contribution < -0.4 is 15.0 Å². The molecule has 0 aliphatic carbocycles. The average molecular weight is 479 g/mol. The Morgan fingerprint density at radius 1 is 1.17 bits per heavy atom. The van der Waals surface area contributed by atoms with Gasteiger partial charge in [-0.2, -0.15) is 0 Å². The molecular weight excluding hydrogens is 447 g/mol. The molecule has 4 heterocycles. The predicted octanol–water partition coefficient (Wildman–Crippen LogP) is 3.88. The molecular formula is C26H31FN6O2. The molecule has 2 aliphatic heterocycles. The van der Waals surface area contributed by atoms with Gasteiger partial charge in [-0.05, 0) is 49.4 Å². The number of pyridine rings is 1. The smallest absolute Gasteiger partial charge is 0.254 e. The third-order valence-electron chi connectivity index (χ3n) is 7.08. The van der Waals surface area contributed by atoms with Crippen LogP contribution in [0, 0.1) is 5.82 Å². The van der Waals surface area contributed by atoms with E-state index in [9.17, 15) is 9.18 Å². The van der Waals surface area contributed by atoms with Crippen molar-refractivity contribution in [3.8, 4) is 5.75 Å². The lowest BCUT2D eigenvalue weighted by Gasteiger charge is -2.36. The van der Waals surface area contributed by atoms with Crippen molar-refractivity contribution in [3.63, 3.8) is 0 Å². The molecule has 1 amide bonds. The first-order valence-electron chi connectivity index (χ1n) is 12.1. The van der Waals surface area contributed by atoms with Gasteiger partial charge in [0, 0.05) is 56.4 Å². The highest BCUT2D eigenvalue weighted by Crippen LogP contribution is 2.36. The number of halogens is 1. The van der Waals surface area contributed by atoms with Gasteiger partial charge in [0.15, 0.2) is 11.6 Å². The van der Waals surface area contributed by atoms with E-state index in [-0.39, 0.29) is 17.7 Å². The summed E-state index contributed by atoms with van der Waals surface area (Å²) in [5.74, 6) is 0.374. The molecule has 0 radical (unpaired) electrons. The number of hydrogen-bond acceptors (Lipinski definition) is 6. The zero-order valence-electron chi connectivity index (χ0n) is 20.4. The number of anilines is 2. The zero-order chi connectivity index (χ0) is 24.5. The number of hydrogen-bond donors (Lipinski definition) is 1. The number of amides is 1. The van der Waals surface area contributed by atoms with Crippen LogP contribution in [-0.4, -0.2) is 59.1 Å². The van der Waals surface area contributed by atoms with Gasteiger partial charge in [-0.3, -0.25) is 9.78 Å². The lowest BCUT2D eigenvalue weighted by Crippen LogP contribution is -2.40. The van der Waals surface area contributed by atoms with Crippen LogP contribution in [0.3, 0.4) is 0 Å². The van der Waals surface area contributed by atoms with Crippen LogP contribution in [0.5, 0.6) is 5.75 Å². The number of ether oxygens (including phenoxy) is 1. The number of rotatable bonds is 7. The maximum atomic E-state index is 13.9. The first kappa shape index (κ1) is 23.1. The maximum Gasteiger partial charge on any atom is 0.254 e. The molecule has 1 aromatic carbocycles. The number of nitrogens with zero attached hydrogens (tertiary/aromatic N) is 5. The number of benzene rings is 1. The van der Waals surface area contributed by atoms with Gasteiger partial charge in [0.25, 0.3) is 5.91 Å². The number of methoxy groups -OCH3 is 1. The van der Waals surface area contributed by atoms with E-state index in [0.29, 0.717) is 18.8 Å². The van der Waals surface area contributed by atoms with Crippen LogP contribution in [-0.2, 0) is 13.0 Å². The summed E-state index contributed by atoms with van der Waals surface area (Å²) in [6.45, 7) is 5.15. The molecule has 1 atom stereocenters. The van der Waals surface area contributed by atoms with E-state index < -0.39 is 5.82 Å². The number of carbonyl (C=O) groups is 1. The van der Waals surface area contributed by atoms with Gasteiger partial charge in [0.2, 0.25) is 5.95 Å². The number of carbonyl (C=O) groups excluding carboxylic acids is 1. The minimum Gasteiger partial charge on any atom is -0.494 e. The van der Waals surface area contributed by atoms with Crippen LogP contribution in [0.15, 0.2) is 36.8 Å². The van der Waals surface area contributed by atoms with Crippen LogP contribution in [0.1, 0.15) is 53.0 Å². The summed E-state index contributed by atoms with van der Waals surface area (Å²) in [4.78, 5) is 26.7. The molecule has 5 rings (SSSR count). The normalized spacial score (nSPS) is 16.4. The molecule has 8 nitrogen and oxygen atoms in total. The van der Waals surface area contributed by atoms with Gasteiger partial charge in [-0.1, -0.05) is 0 Å². The van der Waals surface area contributed by atoms with Gasteiger partial charge in [0.1, 0.15) is 0 Å². The molecule has 3 aromatic rings. The summed E-state index contributed by atoms with van der Waals surface area (Å²) in [5.41, 5.74) is 4.69. The fourth-order valence-corrected chi connectivity index (χ4v) is 5.20. The monoisotopic (exact) mass is 478 g/mol. The Morgan fingerprint density at radius 2 is 1.97 bits per heavy atom. The lowest BCUT2D eigenvalue weighted by molar-refractivity contribution is 0.0669. The van der Waals surface area contributed by atoms with E-state index in [4.69, 9.17) is 4.74 Å². The van der Waals surface area contributed by atoms with E-state index in [1.807, 2.05) is 35.7 Å². The Labute approximate surface area is 204 Å². The molecule has 1 saturated heterocycles. The Morgan fingerprint density at radius 3 is 2.71 bits per heavy atom. The van der Waals surface area contributed by atoms with Crippen molar-refractivity contribution < 1.29 is 13.9 Å². The third kappa shape index (κ3) is 4.31. The van der Waals surface area contributed by atoms with Gasteiger partial charge in [0.05, 0.1) is 31.6 Å². The fourth-order valence-electron chi connectivity index (χ4n) is 5.20. The summed E-state index contributed by atoms with van der Waals surface area (Å²) in [6.07, 6.45) is 7.96. The molecule has 0 saturated carbocycles. The Bertz CT molecular complexity index is 1240. The summed E-state index contributed by atoms with van der Waals surface area (Å²) in [5, 5.41) is 3.11. The van der Waals surface area contributed by atoms with Crippen molar-refractivity contribution in [2.75, 3.05) is 44.0 Å². The summed E-state index contributed by atoms with van der Waals surface area (Å²) >= 11 is 0. The van der Waals surface area contributed by atoms with E-state index in [1.165, 1.54) is 25.6 Å². The molecule has 0 unspecified atom stereocenters. The van der Waals surface area contributed by atoms with Crippen LogP contribution in [0.4, 0.5) is 16.0 Å². The molecule has 2 aliphatic rings. The van der Waals surface area contributed by atoms with Gasteiger partial charge < -0.3 is 24.4 Å². The second-order valence-corrected chi connectivity index (χ2v) is 9.13. The Hall–Kier alpha value is -3.62. The van der Waals surface area contributed by atoms with Crippen LogP contribution in [0.2, 0.25) is 0 Å². The molecule has 1 fully saturated rings. The Balaban J connectivity index is 1.51. The molecule has 2 aromatic heterocycles. The molecule has 1 N–H and O–H groups in total. The molecule has 9 heteroatoms. The number of imidazole rings is 1. The van der Waals surface area contributed by atoms with E-state index in [0.717, 1.165) is 48.3 Å². The number of aromatic nitrogens is 3. The minimum atomic E-state index is -0.515. The van der Waals surface area contributed by atoms with E-state index in [1.54, 1.807) is 12.3 Å². The van der Waals surface area contributed by atoms with Gasteiger partial charge >= 0.3 is 0 Å². The zero-order valence-corrected chi connectivity index (χ0v) is 20.4. The van der Waals surface area contributed by atoms with Crippen LogP contribution in [0.25, 0.3) is 0 Å². The minimum absolute atomic E-state index is 0.0226. The second-order valence-electron chi connectivity index (χ2n) is 9.13. The van der Waals surface area contributed by atoms with Crippen molar-refractivity contribution in [2.24, 2.45) is 0 Å². The fraction of sp³-hybridized carbons (Fsp3) is 0.423. The standard InChI is InChI=1S/C26H31FN6O2/c1-17(22-14-24(35-3)21(27)15-30-22)33-10-6-19-20(25(33)34)12-18(13-23(19)31-8-4-5-9-31)16-32-11-7-29-26(32)28-2/h7,11-15,17H,4-6,8-10,16H2,1-3H3,(H,28,29)/t17-/m0/s1. The van der Waals surface area contributed by atoms with Crippen molar-refractivity contribution in [2.45, 2.75) is 38.8 Å². The molecule has 0 bridgehead atoms. The van der Waals surface area contributed by atoms with Crippen molar-refractivity contribution in [1.82, 2.24) is 19.4 Å². The first-order chi connectivity index (χ1) is 17.0.